The van der Waals surface area contributed by atoms with E-state index in [4.69, 9.17) is 0 Å². The summed E-state index contributed by atoms with van der Waals surface area (Å²) in [5.74, 6) is 0. The van der Waals surface area contributed by atoms with Gasteiger partial charge < -0.3 is 10.3 Å². The molecule has 0 saturated heterocycles. The second kappa shape index (κ2) is 7.97. The number of aryl methyl sites for hydroxylation is 1. The Hall–Kier alpha value is -0.840. The zero-order valence-corrected chi connectivity index (χ0v) is 13.8. The quantitative estimate of drug-likeness (QED) is 0.819. The van der Waals surface area contributed by atoms with Crippen molar-refractivity contribution in [2.24, 2.45) is 0 Å². The Labute approximate surface area is 135 Å². The van der Waals surface area contributed by atoms with Crippen LogP contribution < -0.4 is 10.2 Å². The fourth-order valence-corrected chi connectivity index (χ4v) is 3.85. The molecule has 0 spiro atoms. The van der Waals surface area contributed by atoms with Crippen molar-refractivity contribution < 1.29 is 0 Å². The maximum Gasteiger partial charge on any atom is 0.305 e. The molecule has 0 atom stereocenters. The van der Waals surface area contributed by atoms with Gasteiger partial charge in [-0.05, 0) is 49.9 Å². The van der Waals surface area contributed by atoms with Crippen LogP contribution in [0, 0.1) is 0 Å². The molecule has 1 aromatic heterocycles. The van der Waals surface area contributed by atoms with Crippen LogP contribution in [0.25, 0.3) is 10.2 Å². The van der Waals surface area contributed by atoms with E-state index in [0.29, 0.717) is 0 Å². The van der Waals surface area contributed by atoms with Gasteiger partial charge >= 0.3 is 4.87 Å². The van der Waals surface area contributed by atoms with Crippen LogP contribution in [0.1, 0.15) is 44.1 Å². The number of hydrogen-bond donors (Lipinski definition) is 2. The van der Waals surface area contributed by atoms with E-state index in [1.165, 1.54) is 55.4 Å². The van der Waals surface area contributed by atoms with E-state index in [0.717, 1.165) is 29.2 Å². The second-order valence-corrected chi connectivity index (χ2v) is 6.75. The van der Waals surface area contributed by atoms with E-state index >= 15 is 0 Å². The fourth-order valence-electron chi connectivity index (χ4n) is 3.05. The minimum absolute atomic E-state index is 0. The number of benzene rings is 1. The molecule has 3 nitrogen and oxygen atoms in total. The topological polar surface area (TPSA) is 44.9 Å². The second-order valence-electron chi connectivity index (χ2n) is 5.74. The van der Waals surface area contributed by atoms with Crippen molar-refractivity contribution in [2.75, 3.05) is 6.54 Å². The molecular weight excluding hydrogens is 304 g/mol. The van der Waals surface area contributed by atoms with Crippen LogP contribution in [0.2, 0.25) is 0 Å². The lowest BCUT2D eigenvalue weighted by Crippen LogP contribution is -2.31. The van der Waals surface area contributed by atoms with Crippen LogP contribution in [0.5, 0.6) is 0 Å². The molecule has 116 valence electrons. The summed E-state index contributed by atoms with van der Waals surface area (Å²) in [5, 5.41) is 3.68. The van der Waals surface area contributed by atoms with Gasteiger partial charge in [0.05, 0.1) is 10.2 Å². The van der Waals surface area contributed by atoms with Crippen molar-refractivity contribution in [1.82, 2.24) is 10.3 Å². The third-order valence-corrected chi connectivity index (χ3v) is 5.01. The summed E-state index contributed by atoms with van der Waals surface area (Å²) in [6.07, 6.45) is 9.15. The smallest absolute Gasteiger partial charge is 0.305 e. The Morgan fingerprint density at radius 2 is 2.05 bits per heavy atom. The van der Waals surface area contributed by atoms with Gasteiger partial charge in [0.1, 0.15) is 0 Å². The Bertz CT molecular complexity index is 616. The van der Waals surface area contributed by atoms with E-state index in [9.17, 15) is 4.79 Å². The van der Waals surface area contributed by atoms with Crippen LogP contribution in [-0.2, 0) is 6.42 Å². The third-order valence-electron chi connectivity index (χ3n) is 4.17. The summed E-state index contributed by atoms with van der Waals surface area (Å²) in [6, 6.07) is 7.06. The summed E-state index contributed by atoms with van der Waals surface area (Å²) >= 11 is 1.30. The normalized spacial score (nSPS) is 16.0. The maximum absolute atomic E-state index is 11.3. The van der Waals surface area contributed by atoms with Crippen LogP contribution in [0.15, 0.2) is 23.0 Å². The van der Waals surface area contributed by atoms with E-state index in [1.54, 1.807) is 0 Å². The summed E-state index contributed by atoms with van der Waals surface area (Å²) in [5.41, 5.74) is 2.29. The summed E-state index contributed by atoms with van der Waals surface area (Å²) in [6.45, 7) is 1.10. The molecule has 21 heavy (non-hydrogen) atoms. The molecule has 2 aromatic rings. The van der Waals surface area contributed by atoms with Crippen molar-refractivity contribution in [1.29, 1.82) is 0 Å². The van der Waals surface area contributed by atoms with Gasteiger partial charge in [-0.15, -0.1) is 12.4 Å². The van der Waals surface area contributed by atoms with Crippen molar-refractivity contribution in [2.45, 2.75) is 51.0 Å². The molecule has 0 amide bonds. The maximum atomic E-state index is 11.3. The van der Waals surface area contributed by atoms with Gasteiger partial charge in [0.25, 0.3) is 0 Å². The molecule has 0 bridgehead atoms. The number of aromatic amines is 1. The standard InChI is InChI=1S/C16H22N2OS.ClH/c19-16-18-14-9-8-12(11-15(14)20-16)5-4-10-17-13-6-2-1-3-7-13;/h8-9,11,13,17H,1-7,10H2,(H,18,19);1H. The third kappa shape index (κ3) is 4.56. The van der Waals surface area contributed by atoms with Crippen molar-refractivity contribution >= 4 is 34.0 Å². The van der Waals surface area contributed by atoms with E-state index in [2.05, 4.69) is 22.4 Å². The van der Waals surface area contributed by atoms with E-state index in [-0.39, 0.29) is 17.3 Å². The number of fused-ring (bicyclic) bond motifs is 1. The lowest BCUT2D eigenvalue weighted by atomic mass is 9.95. The van der Waals surface area contributed by atoms with E-state index in [1.807, 2.05) is 6.07 Å². The molecule has 1 saturated carbocycles. The molecule has 1 aromatic carbocycles. The summed E-state index contributed by atoms with van der Waals surface area (Å²) in [4.78, 5) is 14.2. The predicted octanol–water partition coefficient (Wildman–Crippen LogP) is 3.87. The van der Waals surface area contributed by atoms with Gasteiger partial charge in [-0.25, -0.2) is 0 Å². The Kier molecular flexibility index (Phi) is 6.27. The molecule has 3 rings (SSSR count). The first-order valence-electron chi connectivity index (χ1n) is 7.66. The molecule has 1 heterocycles. The van der Waals surface area contributed by atoms with Crippen molar-refractivity contribution in [3.8, 4) is 0 Å². The highest BCUT2D eigenvalue weighted by atomic mass is 35.5. The number of thiazole rings is 1. The molecule has 1 aliphatic carbocycles. The number of aromatic nitrogens is 1. The number of rotatable bonds is 5. The number of nitrogens with one attached hydrogen (secondary N) is 2. The largest absolute Gasteiger partial charge is 0.314 e. The fraction of sp³-hybridized carbons (Fsp3) is 0.562. The van der Waals surface area contributed by atoms with Crippen molar-refractivity contribution in [3.05, 3.63) is 33.4 Å². The van der Waals surface area contributed by atoms with Gasteiger partial charge in [0, 0.05) is 6.04 Å². The van der Waals surface area contributed by atoms with Crippen LogP contribution in [0.4, 0.5) is 0 Å². The Balaban J connectivity index is 0.00000161. The molecule has 2 N–H and O–H groups in total. The van der Waals surface area contributed by atoms with Crippen LogP contribution >= 0.6 is 23.7 Å². The first-order chi connectivity index (χ1) is 9.81. The average Bonchev–Trinajstić information content (AvgIpc) is 2.84. The lowest BCUT2D eigenvalue weighted by molar-refractivity contribution is 0.372. The van der Waals surface area contributed by atoms with Gasteiger partial charge in [0.15, 0.2) is 0 Å². The molecular formula is C16H23ClN2OS. The predicted molar refractivity (Wildman–Crippen MR) is 92.9 cm³/mol. The molecule has 0 radical (unpaired) electrons. The highest BCUT2D eigenvalue weighted by Crippen LogP contribution is 2.18. The lowest BCUT2D eigenvalue weighted by Gasteiger charge is -2.22. The zero-order valence-electron chi connectivity index (χ0n) is 12.2. The zero-order chi connectivity index (χ0) is 13.8. The minimum Gasteiger partial charge on any atom is -0.314 e. The van der Waals surface area contributed by atoms with Gasteiger partial charge in [0.2, 0.25) is 0 Å². The van der Waals surface area contributed by atoms with Gasteiger partial charge in [-0.1, -0.05) is 36.7 Å². The molecule has 0 unspecified atom stereocenters. The molecule has 1 fully saturated rings. The summed E-state index contributed by atoms with van der Waals surface area (Å²) in [7, 11) is 0. The molecule has 0 aliphatic heterocycles. The van der Waals surface area contributed by atoms with Gasteiger partial charge in [-0.3, -0.25) is 4.79 Å². The highest BCUT2D eigenvalue weighted by molar-refractivity contribution is 7.16. The molecule has 1 aliphatic rings. The van der Waals surface area contributed by atoms with E-state index < -0.39 is 0 Å². The SMILES string of the molecule is Cl.O=c1[nH]c2ccc(CCCNC3CCCCC3)cc2s1. The number of H-pyrrole nitrogens is 1. The Morgan fingerprint density at radius 1 is 1.24 bits per heavy atom. The average molecular weight is 327 g/mol. The number of halogens is 1. The van der Waals surface area contributed by atoms with Crippen molar-refractivity contribution in [3.63, 3.8) is 0 Å². The summed E-state index contributed by atoms with van der Waals surface area (Å²) < 4.78 is 1.08. The van der Waals surface area contributed by atoms with Crippen LogP contribution in [0.3, 0.4) is 0 Å². The highest BCUT2D eigenvalue weighted by Gasteiger charge is 2.11. The minimum atomic E-state index is 0. The van der Waals surface area contributed by atoms with Crippen LogP contribution in [-0.4, -0.2) is 17.6 Å². The first kappa shape index (κ1) is 16.5. The Morgan fingerprint density at radius 3 is 2.86 bits per heavy atom. The number of hydrogen-bond acceptors (Lipinski definition) is 3. The first-order valence-corrected chi connectivity index (χ1v) is 8.48. The monoisotopic (exact) mass is 326 g/mol. The van der Waals surface area contributed by atoms with Gasteiger partial charge in [-0.2, -0.15) is 0 Å². The molecule has 5 heteroatoms.